The molecule has 0 aliphatic carbocycles. The molecule has 0 aliphatic heterocycles. The zero-order valence-electron chi connectivity index (χ0n) is 13.8. The highest BCUT2D eigenvalue weighted by Crippen LogP contribution is 2.22. The van der Waals surface area contributed by atoms with Crippen molar-refractivity contribution in [3.05, 3.63) is 42.5 Å². The first-order chi connectivity index (χ1) is 11.8. The van der Waals surface area contributed by atoms with Crippen LogP contribution in [0.25, 0.3) is 0 Å². The van der Waals surface area contributed by atoms with E-state index < -0.39 is 39.1 Å². The third-order valence-electron chi connectivity index (χ3n) is 3.46. The van der Waals surface area contributed by atoms with E-state index in [4.69, 9.17) is 0 Å². The van der Waals surface area contributed by atoms with Crippen LogP contribution in [0.4, 0.5) is 13.2 Å². The zero-order chi connectivity index (χ0) is 19.8. The van der Waals surface area contributed by atoms with Crippen molar-refractivity contribution < 1.29 is 30.0 Å². The van der Waals surface area contributed by atoms with Crippen molar-refractivity contribution >= 4 is 19.9 Å². The molecule has 0 saturated carbocycles. The summed E-state index contributed by atoms with van der Waals surface area (Å²) in [6, 6.07) is 4.75. The molecule has 2 aromatic rings. The Kier molecular flexibility index (Phi) is 5.49. The van der Waals surface area contributed by atoms with E-state index in [-0.39, 0.29) is 15.6 Å². The van der Waals surface area contributed by atoms with Gasteiger partial charge in [0, 0.05) is 25.7 Å². The molecule has 0 radical (unpaired) electrons. The Morgan fingerprint density at radius 1 is 1.15 bits per heavy atom. The van der Waals surface area contributed by atoms with Crippen LogP contribution in [0, 0.1) is 0 Å². The smallest absolute Gasteiger partial charge is 0.325 e. The number of aromatic nitrogens is 2. The fraction of sp³-hybridized carbons (Fsp3) is 0.357. The largest absolute Gasteiger partial charge is 0.406 e. The average molecular weight is 411 g/mol. The van der Waals surface area contributed by atoms with Crippen LogP contribution >= 0.6 is 0 Å². The van der Waals surface area contributed by atoms with Crippen molar-refractivity contribution in [2.24, 2.45) is 0 Å². The van der Waals surface area contributed by atoms with E-state index in [2.05, 4.69) is 4.98 Å². The van der Waals surface area contributed by atoms with Crippen LogP contribution < -0.4 is 0 Å². The maximum absolute atomic E-state index is 12.6. The van der Waals surface area contributed by atoms with Gasteiger partial charge in [0.2, 0.25) is 10.0 Å². The standard InChI is InChI=1S/C14H16F3N3O4S2/c1-19(9-13-18-6-7-20(13)10-14(15,16)17)26(23,24)12-5-3-4-11(8-12)25(2,21)22/h3-8H,9-10H2,1-2H3. The summed E-state index contributed by atoms with van der Waals surface area (Å²) in [6.45, 7) is -1.70. The number of nitrogens with zero attached hydrogens (tertiary/aromatic N) is 3. The molecule has 0 bridgehead atoms. The summed E-state index contributed by atoms with van der Waals surface area (Å²) in [7, 11) is -6.56. The van der Waals surface area contributed by atoms with Crippen LogP contribution in [0.3, 0.4) is 0 Å². The van der Waals surface area contributed by atoms with E-state index in [0.29, 0.717) is 0 Å². The monoisotopic (exact) mass is 411 g/mol. The van der Waals surface area contributed by atoms with Gasteiger partial charge >= 0.3 is 6.18 Å². The van der Waals surface area contributed by atoms with Crippen molar-refractivity contribution in [1.29, 1.82) is 0 Å². The molecule has 1 aromatic heterocycles. The number of hydrogen-bond acceptors (Lipinski definition) is 5. The third-order valence-corrected chi connectivity index (χ3v) is 6.37. The van der Waals surface area contributed by atoms with Gasteiger partial charge in [-0.2, -0.15) is 17.5 Å². The van der Waals surface area contributed by atoms with Gasteiger partial charge in [0.1, 0.15) is 12.4 Å². The minimum atomic E-state index is -4.48. The van der Waals surface area contributed by atoms with Crippen LogP contribution in [0.1, 0.15) is 5.82 Å². The second-order valence-corrected chi connectivity index (χ2v) is 9.66. The van der Waals surface area contributed by atoms with Crippen LogP contribution in [-0.2, 0) is 33.0 Å². The molecule has 144 valence electrons. The summed E-state index contributed by atoms with van der Waals surface area (Å²) in [5, 5.41) is 0. The predicted octanol–water partition coefficient (Wildman–Crippen LogP) is 1.67. The Bertz CT molecular complexity index is 998. The van der Waals surface area contributed by atoms with Gasteiger partial charge in [-0.25, -0.2) is 21.8 Å². The Labute approximate surface area is 149 Å². The zero-order valence-corrected chi connectivity index (χ0v) is 15.4. The molecule has 0 unspecified atom stereocenters. The van der Waals surface area contributed by atoms with E-state index in [1.54, 1.807) is 0 Å². The number of hydrogen-bond donors (Lipinski definition) is 0. The maximum Gasteiger partial charge on any atom is 0.406 e. The van der Waals surface area contributed by atoms with Gasteiger partial charge in [-0.05, 0) is 18.2 Å². The first-order valence-corrected chi connectivity index (χ1v) is 10.5. The molecule has 7 nitrogen and oxygen atoms in total. The lowest BCUT2D eigenvalue weighted by molar-refractivity contribution is -0.141. The van der Waals surface area contributed by atoms with E-state index in [1.807, 2.05) is 0 Å². The van der Waals surface area contributed by atoms with Gasteiger partial charge in [-0.15, -0.1) is 0 Å². The molecule has 0 amide bonds. The molecule has 1 heterocycles. The molecule has 12 heteroatoms. The fourth-order valence-corrected chi connectivity index (χ4v) is 4.07. The quantitative estimate of drug-likeness (QED) is 0.721. The molecule has 0 N–H and O–H groups in total. The van der Waals surface area contributed by atoms with Crippen molar-refractivity contribution in [3.63, 3.8) is 0 Å². The summed E-state index contributed by atoms with van der Waals surface area (Å²) in [5.41, 5.74) is 0. The molecule has 0 spiro atoms. The van der Waals surface area contributed by atoms with Crippen molar-refractivity contribution in [3.8, 4) is 0 Å². The maximum atomic E-state index is 12.6. The topological polar surface area (TPSA) is 89.3 Å². The minimum Gasteiger partial charge on any atom is -0.325 e. The molecule has 26 heavy (non-hydrogen) atoms. The van der Waals surface area contributed by atoms with Crippen molar-refractivity contribution in [1.82, 2.24) is 13.9 Å². The Balaban J connectivity index is 2.30. The first-order valence-electron chi connectivity index (χ1n) is 7.14. The molecule has 2 rings (SSSR count). The highest BCUT2D eigenvalue weighted by Gasteiger charge is 2.30. The molecule has 0 aliphatic rings. The third kappa shape index (κ3) is 4.83. The molecule has 0 atom stereocenters. The van der Waals surface area contributed by atoms with Gasteiger partial charge in [0.15, 0.2) is 9.84 Å². The normalized spacial score (nSPS) is 13.3. The summed E-state index contributed by atoms with van der Waals surface area (Å²) in [6.07, 6.45) is -1.29. The van der Waals surface area contributed by atoms with E-state index >= 15 is 0 Å². The van der Waals surface area contributed by atoms with Crippen LogP contribution in [0.5, 0.6) is 0 Å². The number of rotatable bonds is 6. The number of benzene rings is 1. The molecule has 0 saturated heterocycles. The average Bonchev–Trinajstić information content (AvgIpc) is 2.91. The SMILES string of the molecule is CN(Cc1nccn1CC(F)(F)F)S(=O)(=O)c1cccc(S(C)(=O)=O)c1. The van der Waals surface area contributed by atoms with Gasteiger partial charge in [0.05, 0.1) is 16.3 Å². The number of alkyl halides is 3. The van der Waals surface area contributed by atoms with E-state index in [0.717, 1.165) is 33.6 Å². The fourth-order valence-electron chi connectivity index (χ4n) is 2.16. The van der Waals surface area contributed by atoms with Gasteiger partial charge in [0.25, 0.3) is 0 Å². The number of imidazole rings is 1. The van der Waals surface area contributed by atoms with Gasteiger partial charge in [-0.3, -0.25) is 0 Å². The molecule has 1 aromatic carbocycles. The summed E-state index contributed by atoms with van der Waals surface area (Å²) in [5.74, 6) is -0.0901. The predicted molar refractivity (Wildman–Crippen MR) is 86.5 cm³/mol. The van der Waals surface area contributed by atoms with E-state index in [9.17, 15) is 30.0 Å². The van der Waals surface area contributed by atoms with Gasteiger partial charge in [-0.1, -0.05) is 6.07 Å². The number of sulfonamides is 1. The molecule has 0 fully saturated rings. The van der Waals surface area contributed by atoms with Crippen LogP contribution in [0.15, 0.2) is 46.5 Å². The lowest BCUT2D eigenvalue weighted by Gasteiger charge is -2.18. The number of sulfone groups is 1. The molecular weight excluding hydrogens is 395 g/mol. The van der Waals surface area contributed by atoms with E-state index in [1.165, 1.54) is 25.2 Å². The highest BCUT2D eigenvalue weighted by atomic mass is 32.2. The second kappa shape index (κ2) is 7.00. The summed E-state index contributed by atoms with van der Waals surface area (Å²) < 4.78 is 87.7. The Morgan fingerprint density at radius 3 is 2.35 bits per heavy atom. The highest BCUT2D eigenvalue weighted by molar-refractivity contribution is 7.91. The lowest BCUT2D eigenvalue weighted by atomic mass is 10.4. The Hall–Kier alpha value is -1.92. The second-order valence-electron chi connectivity index (χ2n) is 5.59. The summed E-state index contributed by atoms with van der Waals surface area (Å²) >= 11 is 0. The van der Waals surface area contributed by atoms with Crippen molar-refractivity contribution in [2.75, 3.05) is 13.3 Å². The Morgan fingerprint density at radius 2 is 1.77 bits per heavy atom. The lowest BCUT2D eigenvalue weighted by Crippen LogP contribution is -2.29. The summed E-state index contributed by atoms with van der Waals surface area (Å²) in [4.78, 5) is 3.31. The number of halogens is 3. The van der Waals surface area contributed by atoms with Gasteiger partial charge < -0.3 is 4.57 Å². The molecular formula is C14H16F3N3O4S2. The first kappa shape index (κ1) is 20.4. The van der Waals surface area contributed by atoms with Crippen LogP contribution in [0.2, 0.25) is 0 Å². The van der Waals surface area contributed by atoms with Crippen LogP contribution in [-0.4, -0.2) is 50.2 Å². The van der Waals surface area contributed by atoms with Crippen molar-refractivity contribution in [2.45, 2.75) is 29.1 Å². The minimum absolute atomic E-state index is 0.0901.